The standard InChI is InChI=1S/C23H26O4/c1-3-23(25)27-17-7-5-4-6-16-26-22-14-12-21(13-15-22)20-10-8-19(9-11-20)18(2)24/h3,8-15H,1,4-7,16-17H2,2H3. The molecule has 2 aromatic rings. The predicted molar refractivity (Wildman–Crippen MR) is 107 cm³/mol. The Labute approximate surface area is 160 Å². The molecule has 0 atom stereocenters. The van der Waals surface area contributed by atoms with Gasteiger partial charge in [-0.05, 0) is 55.9 Å². The van der Waals surface area contributed by atoms with E-state index in [1.54, 1.807) is 6.92 Å². The van der Waals surface area contributed by atoms with Gasteiger partial charge in [0, 0.05) is 11.6 Å². The first-order valence-electron chi connectivity index (χ1n) is 9.23. The van der Waals surface area contributed by atoms with Gasteiger partial charge < -0.3 is 9.47 Å². The van der Waals surface area contributed by atoms with Gasteiger partial charge in [-0.25, -0.2) is 4.79 Å². The molecule has 0 fully saturated rings. The van der Waals surface area contributed by atoms with Crippen molar-refractivity contribution in [3.63, 3.8) is 0 Å². The van der Waals surface area contributed by atoms with Crippen LogP contribution in [0.15, 0.2) is 61.2 Å². The third kappa shape index (κ3) is 7.10. The summed E-state index contributed by atoms with van der Waals surface area (Å²) in [6.07, 6.45) is 5.04. The van der Waals surface area contributed by atoms with Crippen LogP contribution in [0.4, 0.5) is 0 Å². The second-order valence-electron chi connectivity index (χ2n) is 6.29. The van der Waals surface area contributed by atoms with Gasteiger partial charge in [-0.1, -0.05) is 43.0 Å². The molecule has 0 aliphatic rings. The number of ether oxygens (including phenoxy) is 2. The molecular weight excluding hydrogens is 340 g/mol. The van der Waals surface area contributed by atoms with E-state index in [1.807, 2.05) is 48.5 Å². The molecule has 0 aliphatic heterocycles. The molecule has 0 saturated carbocycles. The van der Waals surface area contributed by atoms with Gasteiger partial charge in [0.2, 0.25) is 0 Å². The van der Waals surface area contributed by atoms with Crippen LogP contribution in [-0.4, -0.2) is 25.0 Å². The number of hydrogen-bond donors (Lipinski definition) is 0. The van der Waals surface area contributed by atoms with Gasteiger partial charge in [-0.3, -0.25) is 4.79 Å². The van der Waals surface area contributed by atoms with E-state index >= 15 is 0 Å². The largest absolute Gasteiger partial charge is 0.494 e. The number of rotatable bonds is 11. The molecule has 27 heavy (non-hydrogen) atoms. The van der Waals surface area contributed by atoms with Crippen molar-refractivity contribution in [2.75, 3.05) is 13.2 Å². The molecule has 2 rings (SSSR count). The smallest absolute Gasteiger partial charge is 0.330 e. The van der Waals surface area contributed by atoms with Crippen LogP contribution in [0.1, 0.15) is 43.0 Å². The van der Waals surface area contributed by atoms with Crippen molar-refractivity contribution < 1.29 is 19.1 Å². The Balaban J connectivity index is 1.67. The van der Waals surface area contributed by atoms with Gasteiger partial charge in [0.25, 0.3) is 0 Å². The SMILES string of the molecule is C=CC(=O)OCCCCCCOc1ccc(-c2ccc(C(C)=O)cc2)cc1. The van der Waals surface area contributed by atoms with E-state index in [4.69, 9.17) is 9.47 Å². The van der Waals surface area contributed by atoms with E-state index < -0.39 is 0 Å². The first kappa shape index (κ1) is 20.4. The van der Waals surface area contributed by atoms with Crippen molar-refractivity contribution in [1.82, 2.24) is 0 Å². The highest BCUT2D eigenvalue weighted by Gasteiger charge is 2.02. The lowest BCUT2D eigenvalue weighted by molar-refractivity contribution is -0.137. The maximum absolute atomic E-state index is 11.3. The van der Waals surface area contributed by atoms with Gasteiger partial charge in [0.15, 0.2) is 5.78 Å². The van der Waals surface area contributed by atoms with Crippen molar-refractivity contribution >= 4 is 11.8 Å². The summed E-state index contributed by atoms with van der Waals surface area (Å²) in [5, 5.41) is 0. The highest BCUT2D eigenvalue weighted by atomic mass is 16.5. The Kier molecular flexibility index (Phi) is 8.30. The van der Waals surface area contributed by atoms with E-state index in [9.17, 15) is 9.59 Å². The van der Waals surface area contributed by atoms with E-state index in [-0.39, 0.29) is 11.8 Å². The molecule has 4 heteroatoms. The second kappa shape index (κ2) is 11.0. The van der Waals surface area contributed by atoms with Crippen molar-refractivity contribution in [2.45, 2.75) is 32.6 Å². The number of Topliss-reactive ketones (excluding diaryl/α,β-unsaturated/α-hetero) is 1. The molecule has 142 valence electrons. The van der Waals surface area contributed by atoms with Gasteiger partial charge in [0.05, 0.1) is 13.2 Å². The number of carbonyl (C=O) groups excluding carboxylic acids is 2. The lowest BCUT2D eigenvalue weighted by atomic mass is 10.0. The fraction of sp³-hybridized carbons (Fsp3) is 0.304. The summed E-state index contributed by atoms with van der Waals surface area (Å²) in [5.74, 6) is 0.554. The summed E-state index contributed by atoms with van der Waals surface area (Å²) in [4.78, 5) is 22.2. The highest BCUT2D eigenvalue weighted by Crippen LogP contribution is 2.23. The number of benzene rings is 2. The average molecular weight is 366 g/mol. The van der Waals surface area contributed by atoms with Gasteiger partial charge in [-0.15, -0.1) is 0 Å². The van der Waals surface area contributed by atoms with E-state index in [2.05, 4.69) is 6.58 Å². The monoisotopic (exact) mass is 366 g/mol. The van der Waals surface area contributed by atoms with Crippen LogP contribution in [0.5, 0.6) is 5.75 Å². The fourth-order valence-electron chi connectivity index (χ4n) is 2.62. The molecule has 0 aliphatic carbocycles. The molecule has 0 bridgehead atoms. The third-order valence-corrected chi connectivity index (χ3v) is 4.20. The first-order chi connectivity index (χ1) is 13.1. The van der Waals surface area contributed by atoms with Crippen LogP contribution in [0.3, 0.4) is 0 Å². The van der Waals surface area contributed by atoms with Crippen LogP contribution in [0.2, 0.25) is 0 Å². The summed E-state index contributed by atoms with van der Waals surface area (Å²) in [7, 11) is 0. The van der Waals surface area contributed by atoms with Crippen LogP contribution < -0.4 is 4.74 Å². The normalized spacial score (nSPS) is 10.3. The molecule has 2 aromatic carbocycles. The van der Waals surface area contributed by atoms with Crippen LogP contribution in [-0.2, 0) is 9.53 Å². The molecule has 0 radical (unpaired) electrons. The zero-order chi connectivity index (χ0) is 19.5. The summed E-state index contributed by atoms with van der Waals surface area (Å²) < 4.78 is 10.7. The van der Waals surface area contributed by atoms with Crippen molar-refractivity contribution in [3.05, 3.63) is 66.7 Å². The summed E-state index contributed by atoms with van der Waals surface area (Å²) >= 11 is 0. The number of hydrogen-bond acceptors (Lipinski definition) is 4. The van der Waals surface area contributed by atoms with Crippen molar-refractivity contribution in [1.29, 1.82) is 0 Å². The minimum Gasteiger partial charge on any atom is -0.494 e. The van der Waals surface area contributed by atoms with Crippen LogP contribution in [0, 0.1) is 0 Å². The molecule has 0 aromatic heterocycles. The Morgan fingerprint density at radius 3 is 1.96 bits per heavy atom. The lowest BCUT2D eigenvalue weighted by Gasteiger charge is -2.08. The summed E-state index contributed by atoms with van der Waals surface area (Å²) in [5.41, 5.74) is 2.88. The van der Waals surface area contributed by atoms with E-state index in [1.165, 1.54) is 6.08 Å². The third-order valence-electron chi connectivity index (χ3n) is 4.20. The van der Waals surface area contributed by atoms with Crippen molar-refractivity contribution in [2.24, 2.45) is 0 Å². The molecule has 0 amide bonds. The Bertz CT molecular complexity index is 745. The number of ketones is 1. The lowest BCUT2D eigenvalue weighted by Crippen LogP contribution is -2.02. The maximum Gasteiger partial charge on any atom is 0.330 e. The number of esters is 1. The molecule has 4 nitrogen and oxygen atoms in total. The molecule has 0 heterocycles. The zero-order valence-electron chi connectivity index (χ0n) is 15.8. The number of carbonyl (C=O) groups is 2. The van der Waals surface area contributed by atoms with Crippen LogP contribution >= 0.6 is 0 Å². The number of unbranched alkanes of at least 4 members (excludes halogenated alkanes) is 3. The Morgan fingerprint density at radius 2 is 1.41 bits per heavy atom. The van der Waals surface area contributed by atoms with E-state index in [0.29, 0.717) is 13.2 Å². The Morgan fingerprint density at radius 1 is 0.852 bits per heavy atom. The summed E-state index contributed by atoms with van der Waals surface area (Å²) in [6.45, 7) is 6.04. The van der Waals surface area contributed by atoms with Gasteiger partial charge in [0.1, 0.15) is 5.75 Å². The average Bonchev–Trinajstić information content (AvgIpc) is 2.70. The second-order valence-corrected chi connectivity index (χ2v) is 6.29. The zero-order valence-corrected chi connectivity index (χ0v) is 15.8. The van der Waals surface area contributed by atoms with Gasteiger partial charge >= 0.3 is 5.97 Å². The molecule has 0 spiro atoms. The molecular formula is C23H26O4. The highest BCUT2D eigenvalue weighted by molar-refractivity contribution is 5.94. The minimum absolute atomic E-state index is 0.0723. The first-order valence-corrected chi connectivity index (χ1v) is 9.23. The molecule has 0 unspecified atom stereocenters. The van der Waals surface area contributed by atoms with Crippen molar-refractivity contribution in [3.8, 4) is 16.9 Å². The topological polar surface area (TPSA) is 52.6 Å². The fourth-order valence-corrected chi connectivity index (χ4v) is 2.62. The minimum atomic E-state index is -0.364. The Hall–Kier alpha value is -2.88. The molecule has 0 N–H and O–H groups in total. The maximum atomic E-state index is 11.3. The summed E-state index contributed by atoms with van der Waals surface area (Å²) in [6, 6.07) is 15.6. The van der Waals surface area contributed by atoms with E-state index in [0.717, 1.165) is 48.1 Å². The predicted octanol–water partition coefficient (Wildman–Crippen LogP) is 5.22. The van der Waals surface area contributed by atoms with Gasteiger partial charge in [-0.2, -0.15) is 0 Å². The van der Waals surface area contributed by atoms with Crippen LogP contribution in [0.25, 0.3) is 11.1 Å². The quantitative estimate of drug-likeness (QED) is 0.237. The molecule has 0 saturated heterocycles.